The minimum atomic E-state index is -0.787. The Kier molecular flexibility index (Phi) is 10.4. The number of allylic oxidation sites excluding steroid dienone is 1. The van der Waals surface area contributed by atoms with E-state index < -0.39 is 16.8 Å². The number of carbonyl (C=O) groups excluding carboxylic acids is 2. The monoisotopic (exact) mass is 493 g/mol. The predicted octanol–water partition coefficient (Wildman–Crippen LogP) is 6.00. The maximum Gasteiger partial charge on any atom is 0.316 e. The number of aliphatic hydroxyl groups excluding tert-OH is 1. The highest BCUT2D eigenvalue weighted by atomic mass is 32.2. The van der Waals surface area contributed by atoms with E-state index in [1.54, 1.807) is 18.3 Å². The van der Waals surface area contributed by atoms with Crippen molar-refractivity contribution >= 4 is 40.9 Å². The highest BCUT2D eigenvalue weighted by Gasteiger charge is 2.37. The van der Waals surface area contributed by atoms with Crippen LogP contribution in [0.25, 0.3) is 6.08 Å². The SMILES string of the molecule is C/C1=C/CC(/C(C)=C\c2csc(C)n2)OC(=O)CSC(C)(C)C(=O)[C@H](C)[C@H](O)[C@@H](C)CCC1. The van der Waals surface area contributed by atoms with Gasteiger partial charge < -0.3 is 9.84 Å². The van der Waals surface area contributed by atoms with Crippen LogP contribution in [0, 0.1) is 18.8 Å². The van der Waals surface area contributed by atoms with Crippen LogP contribution >= 0.6 is 23.1 Å². The molecule has 5 nitrogen and oxygen atoms in total. The molecule has 1 aromatic heterocycles. The van der Waals surface area contributed by atoms with Crippen molar-refractivity contribution in [3.8, 4) is 0 Å². The Labute approximate surface area is 207 Å². The van der Waals surface area contributed by atoms with Gasteiger partial charge in [0, 0.05) is 17.7 Å². The van der Waals surface area contributed by atoms with E-state index in [-0.39, 0.29) is 29.5 Å². The lowest BCUT2D eigenvalue weighted by molar-refractivity contribution is -0.143. The van der Waals surface area contributed by atoms with Gasteiger partial charge in [0.05, 0.1) is 27.3 Å². The zero-order valence-corrected chi connectivity index (χ0v) is 22.6. The molecule has 7 heteroatoms. The summed E-state index contributed by atoms with van der Waals surface area (Å²) in [5, 5.41) is 13.7. The number of aryl methyl sites for hydroxylation is 1. The van der Waals surface area contributed by atoms with E-state index in [4.69, 9.17) is 4.74 Å². The molecule has 2 heterocycles. The summed E-state index contributed by atoms with van der Waals surface area (Å²) in [7, 11) is 0. The van der Waals surface area contributed by atoms with Crippen molar-refractivity contribution in [3.05, 3.63) is 33.3 Å². The number of aliphatic hydroxyl groups is 1. The molecule has 1 aliphatic rings. The van der Waals surface area contributed by atoms with Crippen LogP contribution in [0.2, 0.25) is 0 Å². The minimum Gasteiger partial charge on any atom is -0.457 e. The molecule has 0 aromatic carbocycles. The van der Waals surface area contributed by atoms with E-state index in [2.05, 4.69) is 18.0 Å². The Bertz CT molecular complexity index is 887. The lowest BCUT2D eigenvalue weighted by Crippen LogP contribution is -2.41. The number of rotatable bonds is 2. The van der Waals surface area contributed by atoms with E-state index >= 15 is 0 Å². The topological polar surface area (TPSA) is 76.5 Å². The maximum atomic E-state index is 13.1. The number of Topliss-reactive ketones (excluding diaryl/α,β-unsaturated/α-hetero) is 1. The van der Waals surface area contributed by atoms with Crippen molar-refractivity contribution in [1.82, 2.24) is 4.98 Å². The number of carbonyl (C=O) groups is 2. The zero-order valence-electron chi connectivity index (χ0n) is 21.0. The van der Waals surface area contributed by atoms with Crippen molar-refractivity contribution < 1.29 is 19.4 Å². The van der Waals surface area contributed by atoms with Gasteiger partial charge in [-0.15, -0.1) is 23.1 Å². The first-order valence-electron chi connectivity index (χ1n) is 11.7. The van der Waals surface area contributed by atoms with Crippen molar-refractivity contribution in [2.75, 3.05) is 5.75 Å². The fraction of sp³-hybridized carbons (Fsp3) is 0.654. The fourth-order valence-electron chi connectivity index (χ4n) is 4.08. The summed E-state index contributed by atoms with van der Waals surface area (Å²) in [6.45, 7) is 13.5. The van der Waals surface area contributed by atoms with Crippen LogP contribution in [0.5, 0.6) is 0 Å². The maximum absolute atomic E-state index is 13.1. The average Bonchev–Trinajstić information content (AvgIpc) is 3.17. The first-order valence-corrected chi connectivity index (χ1v) is 13.6. The van der Waals surface area contributed by atoms with Crippen LogP contribution in [0.3, 0.4) is 0 Å². The molecule has 1 unspecified atom stereocenters. The second kappa shape index (κ2) is 12.3. The molecule has 33 heavy (non-hydrogen) atoms. The smallest absolute Gasteiger partial charge is 0.316 e. The zero-order chi connectivity index (χ0) is 24.8. The van der Waals surface area contributed by atoms with Gasteiger partial charge in [0.2, 0.25) is 0 Å². The molecule has 1 N–H and O–H groups in total. The summed E-state index contributed by atoms with van der Waals surface area (Å²) in [6.07, 6.45) is 6.39. The van der Waals surface area contributed by atoms with E-state index in [1.165, 1.54) is 17.3 Å². The summed E-state index contributed by atoms with van der Waals surface area (Å²) in [6, 6.07) is 0. The predicted molar refractivity (Wildman–Crippen MR) is 138 cm³/mol. The van der Waals surface area contributed by atoms with Crippen molar-refractivity contribution in [2.45, 2.75) is 91.1 Å². The number of ketones is 1. The summed E-state index contributed by atoms with van der Waals surface area (Å²) >= 11 is 2.87. The molecule has 1 aliphatic heterocycles. The van der Waals surface area contributed by atoms with E-state index in [1.807, 2.05) is 46.1 Å². The Morgan fingerprint density at radius 3 is 2.61 bits per heavy atom. The summed E-state index contributed by atoms with van der Waals surface area (Å²) < 4.78 is 5.09. The molecule has 0 saturated heterocycles. The molecule has 0 saturated carbocycles. The van der Waals surface area contributed by atoms with Gasteiger partial charge in [-0.3, -0.25) is 9.59 Å². The summed E-state index contributed by atoms with van der Waals surface area (Å²) in [5.74, 6) is -0.737. The van der Waals surface area contributed by atoms with Crippen LogP contribution in [-0.4, -0.2) is 44.6 Å². The molecular weight excluding hydrogens is 454 g/mol. The van der Waals surface area contributed by atoms with Crippen LogP contribution in [0.15, 0.2) is 22.6 Å². The highest BCUT2D eigenvalue weighted by Crippen LogP contribution is 2.32. The molecule has 0 radical (unpaired) electrons. The minimum absolute atomic E-state index is 0.0330. The molecule has 0 bridgehead atoms. The van der Waals surface area contributed by atoms with E-state index in [0.29, 0.717) is 6.42 Å². The van der Waals surface area contributed by atoms with Crippen LogP contribution in [0.1, 0.15) is 77.9 Å². The Morgan fingerprint density at radius 1 is 1.27 bits per heavy atom. The van der Waals surface area contributed by atoms with Gasteiger partial charge in [-0.2, -0.15) is 0 Å². The Morgan fingerprint density at radius 2 is 1.97 bits per heavy atom. The molecule has 0 amide bonds. The number of cyclic esters (lactones) is 1. The second-order valence-corrected chi connectivity index (χ2v) is 12.4. The average molecular weight is 494 g/mol. The third-order valence-corrected chi connectivity index (χ3v) is 8.45. The molecule has 0 spiro atoms. The molecule has 0 fully saturated rings. The quantitative estimate of drug-likeness (QED) is 0.402. The van der Waals surface area contributed by atoms with Crippen LogP contribution in [-0.2, 0) is 14.3 Å². The Balaban J connectivity index is 2.27. The number of hydrogen-bond donors (Lipinski definition) is 1. The third kappa shape index (κ3) is 8.37. The van der Waals surface area contributed by atoms with Gasteiger partial charge >= 0.3 is 5.97 Å². The van der Waals surface area contributed by atoms with Crippen LogP contribution < -0.4 is 0 Å². The lowest BCUT2D eigenvalue weighted by atomic mass is 9.83. The lowest BCUT2D eigenvalue weighted by Gasteiger charge is -2.31. The number of aromatic nitrogens is 1. The van der Waals surface area contributed by atoms with Gasteiger partial charge in [-0.1, -0.05) is 25.5 Å². The van der Waals surface area contributed by atoms with Crippen molar-refractivity contribution in [1.29, 1.82) is 0 Å². The van der Waals surface area contributed by atoms with Gasteiger partial charge in [-0.25, -0.2) is 4.98 Å². The molecule has 184 valence electrons. The van der Waals surface area contributed by atoms with Gasteiger partial charge in [0.15, 0.2) is 5.78 Å². The third-order valence-electron chi connectivity index (χ3n) is 6.36. The number of ether oxygens (including phenoxy) is 1. The summed E-state index contributed by atoms with van der Waals surface area (Å²) in [5.41, 5.74) is 3.06. The molecule has 0 aliphatic carbocycles. The van der Waals surface area contributed by atoms with Crippen LogP contribution in [0.4, 0.5) is 0 Å². The van der Waals surface area contributed by atoms with E-state index in [9.17, 15) is 14.7 Å². The second-order valence-electron chi connectivity index (χ2n) is 9.76. The standard InChI is InChI=1S/C26H39NO4S2/c1-16-9-8-10-17(2)24(29)19(4)25(30)26(6,7)33-15-23(28)31-22(12-11-16)18(3)13-21-14-32-20(5)27-21/h11,13-14,17,19,22,24,29H,8-10,12,15H2,1-7H3/b16-11-,18-13-/t17-,19+,22?,24+/m0/s1. The van der Waals surface area contributed by atoms with Crippen molar-refractivity contribution in [2.24, 2.45) is 11.8 Å². The fourth-order valence-corrected chi connectivity index (χ4v) is 5.53. The number of thioether (sulfide) groups is 1. The summed E-state index contributed by atoms with van der Waals surface area (Å²) in [4.78, 5) is 30.3. The molecule has 4 atom stereocenters. The number of thiazole rings is 1. The van der Waals surface area contributed by atoms with Crippen molar-refractivity contribution in [3.63, 3.8) is 0 Å². The molecular formula is C26H39NO4S2. The Hall–Kier alpha value is -1.44. The van der Waals surface area contributed by atoms with Gasteiger partial charge in [0.1, 0.15) is 6.10 Å². The first kappa shape index (κ1) is 27.8. The number of hydrogen-bond acceptors (Lipinski definition) is 7. The molecule has 2 rings (SSSR count). The molecule has 1 aromatic rings. The van der Waals surface area contributed by atoms with Gasteiger partial charge in [0.25, 0.3) is 0 Å². The highest BCUT2D eigenvalue weighted by molar-refractivity contribution is 8.02. The number of esters is 1. The normalized spacial score (nSPS) is 30.4. The van der Waals surface area contributed by atoms with Gasteiger partial charge in [-0.05, 0) is 71.4 Å². The largest absolute Gasteiger partial charge is 0.457 e. The van der Waals surface area contributed by atoms with E-state index in [0.717, 1.165) is 35.5 Å². The first-order chi connectivity index (χ1) is 15.4. The number of nitrogens with zero attached hydrogens (tertiary/aromatic N) is 1.